The first-order valence-electron chi connectivity index (χ1n) is 5.47. The molecule has 1 saturated heterocycles. The van der Waals surface area contributed by atoms with Crippen LogP contribution in [0.5, 0.6) is 0 Å². The van der Waals surface area contributed by atoms with Crippen molar-refractivity contribution in [2.24, 2.45) is 5.92 Å². The van der Waals surface area contributed by atoms with Crippen LogP contribution in [-0.4, -0.2) is 47.6 Å². The minimum Gasteiger partial charge on any atom is -0.480 e. The summed E-state index contributed by atoms with van der Waals surface area (Å²) in [5.41, 5.74) is 0. The number of urea groups is 1. The predicted molar refractivity (Wildman–Crippen MR) is 55.9 cm³/mol. The van der Waals surface area contributed by atoms with Gasteiger partial charge < -0.3 is 15.3 Å². The van der Waals surface area contributed by atoms with E-state index >= 15 is 0 Å². The van der Waals surface area contributed by atoms with Crippen LogP contribution >= 0.6 is 0 Å². The van der Waals surface area contributed by atoms with E-state index in [4.69, 9.17) is 5.11 Å². The average Bonchev–Trinajstić information content (AvgIpc) is 2.25. The Hall–Kier alpha value is -1.40. The van der Waals surface area contributed by atoms with Crippen LogP contribution in [0, 0.1) is 5.92 Å². The number of rotatable bonds is 3. The third-order valence-electron chi connectivity index (χ3n) is 2.82. The van der Waals surface area contributed by atoms with E-state index < -0.39 is 31.0 Å². The third kappa shape index (κ3) is 3.83. The molecule has 98 valence electrons. The summed E-state index contributed by atoms with van der Waals surface area (Å²) in [5.74, 6) is -0.876. The molecule has 2 unspecified atom stereocenters. The highest BCUT2D eigenvalue weighted by Gasteiger charge is 2.34. The molecule has 0 bridgehead atoms. The summed E-state index contributed by atoms with van der Waals surface area (Å²) in [6.07, 6.45) is -1.59. The standard InChI is InChI=1S/C10H16F2N2O3/c1-6-2-3-14(7(4-6)9(15)16)10(17)13-5-8(11)12/h6-8H,2-5H2,1H3,(H,13,17)(H,15,16). The van der Waals surface area contributed by atoms with Gasteiger partial charge in [0.15, 0.2) is 0 Å². The van der Waals surface area contributed by atoms with Crippen molar-refractivity contribution < 1.29 is 23.5 Å². The average molecular weight is 250 g/mol. The number of halogens is 2. The number of nitrogens with one attached hydrogen (secondary N) is 1. The van der Waals surface area contributed by atoms with Gasteiger partial charge in [0, 0.05) is 6.54 Å². The smallest absolute Gasteiger partial charge is 0.326 e. The van der Waals surface area contributed by atoms with Gasteiger partial charge in [-0.25, -0.2) is 18.4 Å². The van der Waals surface area contributed by atoms with Gasteiger partial charge in [-0.1, -0.05) is 6.92 Å². The Labute approximate surface area is 97.8 Å². The molecule has 0 saturated carbocycles. The van der Waals surface area contributed by atoms with Gasteiger partial charge in [-0.15, -0.1) is 0 Å². The number of piperidine rings is 1. The van der Waals surface area contributed by atoms with Crippen molar-refractivity contribution in [3.63, 3.8) is 0 Å². The number of likely N-dealkylation sites (tertiary alicyclic amines) is 1. The van der Waals surface area contributed by atoms with Gasteiger partial charge in [0.2, 0.25) is 0 Å². The Bertz CT molecular complexity index is 299. The fourth-order valence-electron chi connectivity index (χ4n) is 1.88. The zero-order valence-corrected chi connectivity index (χ0v) is 9.53. The number of alkyl halides is 2. The molecule has 0 aromatic heterocycles. The Balaban J connectivity index is 2.60. The summed E-state index contributed by atoms with van der Waals surface area (Å²) in [6, 6.07) is -1.65. The summed E-state index contributed by atoms with van der Waals surface area (Å²) in [4.78, 5) is 23.6. The maximum Gasteiger partial charge on any atom is 0.326 e. The molecule has 1 rings (SSSR count). The van der Waals surface area contributed by atoms with Gasteiger partial charge >= 0.3 is 12.0 Å². The minimum absolute atomic E-state index is 0.218. The van der Waals surface area contributed by atoms with Crippen molar-refractivity contribution in [1.82, 2.24) is 10.2 Å². The van der Waals surface area contributed by atoms with Crippen molar-refractivity contribution in [2.75, 3.05) is 13.1 Å². The maximum absolute atomic E-state index is 11.9. The molecule has 1 heterocycles. The molecule has 2 amide bonds. The Morgan fingerprint density at radius 1 is 1.53 bits per heavy atom. The van der Waals surface area contributed by atoms with Crippen LogP contribution in [0.15, 0.2) is 0 Å². The molecule has 2 N–H and O–H groups in total. The highest BCUT2D eigenvalue weighted by Crippen LogP contribution is 2.22. The number of nitrogens with zero attached hydrogens (tertiary/aromatic N) is 1. The van der Waals surface area contributed by atoms with E-state index in [2.05, 4.69) is 0 Å². The zero-order valence-electron chi connectivity index (χ0n) is 9.53. The predicted octanol–water partition coefficient (Wildman–Crippen LogP) is 1.15. The van der Waals surface area contributed by atoms with E-state index in [1.807, 2.05) is 12.2 Å². The van der Waals surface area contributed by atoms with Gasteiger partial charge in [-0.2, -0.15) is 0 Å². The number of hydrogen-bond donors (Lipinski definition) is 2. The lowest BCUT2D eigenvalue weighted by molar-refractivity contribution is -0.143. The van der Waals surface area contributed by atoms with Gasteiger partial charge in [0.05, 0.1) is 6.54 Å². The third-order valence-corrected chi connectivity index (χ3v) is 2.82. The van der Waals surface area contributed by atoms with Crippen LogP contribution in [0.3, 0.4) is 0 Å². The second kappa shape index (κ2) is 5.79. The molecule has 5 nitrogen and oxygen atoms in total. The van der Waals surface area contributed by atoms with Crippen LogP contribution in [0.1, 0.15) is 19.8 Å². The number of carbonyl (C=O) groups excluding carboxylic acids is 1. The summed E-state index contributed by atoms with van der Waals surface area (Å²) < 4.78 is 23.9. The number of amides is 2. The van der Waals surface area contributed by atoms with Crippen LogP contribution in [0.25, 0.3) is 0 Å². The lowest BCUT2D eigenvalue weighted by Crippen LogP contribution is -2.53. The van der Waals surface area contributed by atoms with Crippen molar-refractivity contribution in [3.05, 3.63) is 0 Å². The molecule has 0 aromatic rings. The summed E-state index contributed by atoms with van der Waals surface area (Å²) in [7, 11) is 0. The van der Waals surface area contributed by atoms with Gasteiger partial charge in [0.25, 0.3) is 6.43 Å². The van der Waals surface area contributed by atoms with Crippen LogP contribution in [0.2, 0.25) is 0 Å². The topological polar surface area (TPSA) is 69.6 Å². The number of aliphatic carboxylic acids is 1. The van der Waals surface area contributed by atoms with Gasteiger partial charge in [-0.05, 0) is 18.8 Å². The molecular formula is C10H16F2N2O3. The van der Waals surface area contributed by atoms with Crippen LogP contribution in [-0.2, 0) is 4.79 Å². The maximum atomic E-state index is 11.9. The normalized spacial score (nSPS) is 24.8. The molecule has 0 spiro atoms. The fourth-order valence-corrected chi connectivity index (χ4v) is 1.88. The molecule has 0 aliphatic carbocycles. The fraction of sp³-hybridized carbons (Fsp3) is 0.800. The highest BCUT2D eigenvalue weighted by atomic mass is 19.3. The summed E-state index contributed by atoms with van der Waals surface area (Å²) >= 11 is 0. The first-order chi connectivity index (χ1) is 7.91. The molecule has 0 aromatic carbocycles. The quantitative estimate of drug-likeness (QED) is 0.789. The van der Waals surface area contributed by atoms with E-state index in [1.54, 1.807) is 0 Å². The molecule has 1 aliphatic heterocycles. The van der Waals surface area contributed by atoms with Crippen LogP contribution < -0.4 is 5.32 Å². The first kappa shape index (κ1) is 13.7. The minimum atomic E-state index is -2.63. The van der Waals surface area contributed by atoms with Crippen LogP contribution in [0.4, 0.5) is 13.6 Å². The zero-order chi connectivity index (χ0) is 13.0. The monoisotopic (exact) mass is 250 g/mol. The number of carboxylic acids is 1. The second-order valence-corrected chi connectivity index (χ2v) is 4.25. The van der Waals surface area contributed by atoms with E-state index in [1.165, 1.54) is 0 Å². The van der Waals surface area contributed by atoms with E-state index in [9.17, 15) is 18.4 Å². The summed E-state index contributed by atoms with van der Waals surface area (Å²) in [6.45, 7) is 1.44. The second-order valence-electron chi connectivity index (χ2n) is 4.25. The lowest BCUT2D eigenvalue weighted by atomic mass is 9.93. The lowest BCUT2D eigenvalue weighted by Gasteiger charge is -2.35. The molecule has 7 heteroatoms. The highest BCUT2D eigenvalue weighted by molar-refractivity contribution is 5.82. The Morgan fingerprint density at radius 2 is 2.18 bits per heavy atom. The van der Waals surface area contributed by atoms with Crippen molar-refractivity contribution in [2.45, 2.75) is 32.2 Å². The van der Waals surface area contributed by atoms with E-state index in [0.29, 0.717) is 12.8 Å². The van der Waals surface area contributed by atoms with Gasteiger partial charge in [0.1, 0.15) is 6.04 Å². The largest absolute Gasteiger partial charge is 0.480 e. The van der Waals surface area contributed by atoms with E-state index in [0.717, 1.165) is 4.90 Å². The molecule has 1 aliphatic rings. The number of carboxylic acid groups (broad SMARTS) is 1. The molecule has 2 atom stereocenters. The summed E-state index contributed by atoms with van der Waals surface area (Å²) in [5, 5.41) is 11.0. The van der Waals surface area contributed by atoms with Crippen molar-refractivity contribution >= 4 is 12.0 Å². The van der Waals surface area contributed by atoms with E-state index in [-0.39, 0.29) is 12.5 Å². The SMILES string of the molecule is CC1CCN(C(=O)NCC(F)F)C(C(=O)O)C1. The molecule has 1 fully saturated rings. The Kier molecular flexibility index (Phi) is 4.65. The Morgan fingerprint density at radius 3 is 2.71 bits per heavy atom. The number of hydrogen-bond acceptors (Lipinski definition) is 2. The first-order valence-corrected chi connectivity index (χ1v) is 5.47. The van der Waals surface area contributed by atoms with Crippen molar-refractivity contribution in [3.8, 4) is 0 Å². The number of carbonyl (C=O) groups is 2. The van der Waals surface area contributed by atoms with Gasteiger partial charge in [-0.3, -0.25) is 0 Å². The molecular weight excluding hydrogens is 234 g/mol. The molecule has 17 heavy (non-hydrogen) atoms. The van der Waals surface area contributed by atoms with Crippen molar-refractivity contribution in [1.29, 1.82) is 0 Å². The molecule has 0 radical (unpaired) electrons.